The molecule has 2 heterocycles. The number of benzene rings is 1. The van der Waals surface area contributed by atoms with E-state index in [0.717, 1.165) is 37.7 Å². The number of nitrogens with zero attached hydrogens (tertiary/aromatic N) is 2. The van der Waals surface area contributed by atoms with Crippen LogP contribution in [0, 0.1) is 11.8 Å². The van der Waals surface area contributed by atoms with Gasteiger partial charge in [-0.25, -0.2) is 4.79 Å². The third kappa shape index (κ3) is 4.18. The topological polar surface area (TPSA) is 32.8 Å². The minimum atomic E-state index is -0.421. The van der Waals surface area contributed by atoms with E-state index in [1.54, 1.807) is 0 Å². The predicted molar refractivity (Wildman–Crippen MR) is 91.5 cm³/mol. The first-order chi connectivity index (χ1) is 10.8. The molecule has 0 saturated carbocycles. The fourth-order valence-corrected chi connectivity index (χ4v) is 3.67. The molecule has 0 spiro atoms. The van der Waals surface area contributed by atoms with Gasteiger partial charge in [-0.1, -0.05) is 23.7 Å². The highest BCUT2D eigenvalue weighted by Gasteiger charge is 2.42. The number of hydrogen-bond acceptors (Lipinski definition) is 3. The van der Waals surface area contributed by atoms with Gasteiger partial charge in [-0.2, -0.15) is 0 Å². The van der Waals surface area contributed by atoms with Crippen molar-refractivity contribution in [1.29, 1.82) is 0 Å². The van der Waals surface area contributed by atoms with Crippen LogP contribution >= 0.6 is 11.6 Å². The van der Waals surface area contributed by atoms with Crippen molar-refractivity contribution in [1.82, 2.24) is 9.80 Å². The van der Waals surface area contributed by atoms with Crippen molar-refractivity contribution in [3.05, 3.63) is 34.9 Å². The third-order valence-electron chi connectivity index (χ3n) is 4.53. The number of carbonyl (C=O) groups excluding carboxylic acids is 1. The fraction of sp³-hybridized carbons (Fsp3) is 0.611. The van der Waals surface area contributed by atoms with E-state index in [-0.39, 0.29) is 6.09 Å². The largest absolute Gasteiger partial charge is 0.444 e. The van der Waals surface area contributed by atoms with Gasteiger partial charge < -0.3 is 9.64 Å². The molecule has 4 nitrogen and oxygen atoms in total. The average molecular weight is 337 g/mol. The van der Waals surface area contributed by atoms with Gasteiger partial charge in [0.15, 0.2) is 0 Å². The average Bonchev–Trinajstić information content (AvgIpc) is 2.97. The standard InChI is InChI=1S/C18H25ClN2O2/c1-18(2,3)23-17(22)21-11-14-9-20(10-15(14)12-21)8-13-4-6-16(19)7-5-13/h4-7,14-15H,8-12H2,1-3H3/t14-,15?/m1/s1. The highest BCUT2D eigenvalue weighted by Crippen LogP contribution is 2.32. The van der Waals surface area contributed by atoms with Crippen LogP contribution in [0.1, 0.15) is 26.3 Å². The highest BCUT2D eigenvalue weighted by atomic mass is 35.5. The first kappa shape index (κ1) is 16.6. The van der Waals surface area contributed by atoms with Crippen LogP contribution in [0.2, 0.25) is 5.02 Å². The molecular formula is C18H25ClN2O2. The molecule has 126 valence electrons. The minimum absolute atomic E-state index is 0.170. The molecule has 3 rings (SSSR count). The molecule has 0 aromatic heterocycles. The van der Waals surface area contributed by atoms with Crippen molar-refractivity contribution < 1.29 is 9.53 Å². The summed E-state index contributed by atoms with van der Waals surface area (Å²) in [6.07, 6.45) is -0.170. The summed E-state index contributed by atoms with van der Waals surface area (Å²) in [5, 5.41) is 0.778. The van der Waals surface area contributed by atoms with Crippen molar-refractivity contribution in [2.24, 2.45) is 11.8 Å². The van der Waals surface area contributed by atoms with Gasteiger partial charge in [0.05, 0.1) is 0 Å². The zero-order valence-electron chi connectivity index (χ0n) is 14.1. The van der Waals surface area contributed by atoms with Crippen LogP contribution in [0.15, 0.2) is 24.3 Å². The quantitative estimate of drug-likeness (QED) is 0.826. The second-order valence-corrected chi connectivity index (χ2v) is 8.16. The van der Waals surface area contributed by atoms with Gasteiger partial charge in [-0.15, -0.1) is 0 Å². The summed E-state index contributed by atoms with van der Waals surface area (Å²) in [6, 6.07) is 8.06. The lowest BCUT2D eigenvalue weighted by atomic mass is 10.0. The zero-order chi connectivity index (χ0) is 16.6. The van der Waals surface area contributed by atoms with Crippen LogP contribution in [0.4, 0.5) is 4.79 Å². The normalized spacial score (nSPS) is 24.8. The van der Waals surface area contributed by atoms with Gasteiger partial charge in [0.2, 0.25) is 0 Å². The minimum Gasteiger partial charge on any atom is -0.444 e. The maximum Gasteiger partial charge on any atom is 0.410 e. The Morgan fingerprint density at radius 3 is 2.22 bits per heavy atom. The fourth-order valence-electron chi connectivity index (χ4n) is 3.54. The van der Waals surface area contributed by atoms with Crippen molar-refractivity contribution in [2.45, 2.75) is 32.9 Å². The zero-order valence-corrected chi connectivity index (χ0v) is 14.8. The number of fused-ring (bicyclic) bond motifs is 1. The Morgan fingerprint density at radius 1 is 1.13 bits per heavy atom. The second-order valence-electron chi connectivity index (χ2n) is 7.73. The van der Waals surface area contributed by atoms with E-state index in [1.807, 2.05) is 37.8 Å². The van der Waals surface area contributed by atoms with E-state index in [0.29, 0.717) is 11.8 Å². The lowest BCUT2D eigenvalue weighted by Gasteiger charge is -2.26. The molecule has 2 saturated heterocycles. The molecule has 2 aliphatic rings. The number of rotatable bonds is 2. The summed E-state index contributed by atoms with van der Waals surface area (Å²) in [7, 11) is 0. The van der Waals surface area contributed by atoms with Crippen LogP contribution in [-0.4, -0.2) is 47.7 Å². The summed E-state index contributed by atoms with van der Waals surface area (Å²) in [4.78, 5) is 16.5. The Bertz CT molecular complexity index is 553. The lowest BCUT2D eigenvalue weighted by molar-refractivity contribution is 0.0274. The number of ether oxygens (including phenoxy) is 1. The first-order valence-electron chi connectivity index (χ1n) is 8.25. The first-order valence-corrected chi connectivity index (χ1v) is 8.63. The third-order valence-corrected chi connectivity index (χ3v) is 4.78. The van der Waals surface area contributed by atoms with E-state index in [9.17, 15) is 4.79 Å². The number of likely N-dealkylation sites (tertiary alicyclic amines) is 2. The van der Waals surface area contributed by atoms with Gasteiger partial charge in [0.25, 0.3) is 0 Å². The van der Waals surface area contributed by atoms with Gasteiger partial charge in [-0.05, 0) is 50.3 Å². The van der Waals surface area contributed by atoms with Crippen LogP contribution in [0.3, 0.4) is 0 Å². The molecule has 2 aliphatic heterocycles. The number of amides is 1. The van der Waals surface area contributed by atoms with Crippen molar-refractivity contribution in [2.75, 3.05) is 26.2 Å². The summed E-state index contributed by atoms with van der Waals surface area (Å²) < 4.78 is 5.48. The Hall–Kier alpha value is -1.26. The summed E-state index contributed by atoms with van der Waals surface area (Å²) in [6.45, 7) is 10.4. The molecule has 1 amide bonds. The van der Waals surface area contributed by atoms with Gasteiger partial charge in [-0.3, -0.25) is 4.90 Å². The molecule has 0 N–H and O–H groups in total. The van der Waals surface area contributed by atoms with Crippen molar-refractivity contribution >= 4 is 17.7 Å². The van der Waals surface area contributed by atoms with Crippen LogP contribution in [0.5, 0.6) is 0 Å². The van der Waals surface area contributed by atoms with E-state index in [4.69, 9.17) is 16.3 Å². The Morgan fingerprint density at radius 2 is 1.70 bits per heavy atom. The molecule has 2 fully saturated rings. The lowest BCUT2D eigenvalue weighted by Crippen LogP contribution is -2.37. The molecule has 2 atom stereocenters. The van der Waals surface area contributed by atoms with E-state index in [1.165, 1.54) is 5.56 Å². The maximum absolute atomic E-state index is 12.2. The SMILES string of the molecule is CC(C)(C)OC(=O)N1CC2CN(Cc3ccc(Cl)cc3)C[C@@H]2C1. The predicted octanol–water partition coefficient (Wildman–Crippen LogP) is 3.64. The molecule has 5 heteroatoms. The number of halogens is 1. The van der Waals surface area contributed by atoms with E-state index in [2.05, 4.69) is 17.0 Å². The summed E-state index contributed by atoms with van der Waals surface area (Å²) >= 11 is 5.93. The number of hydrogen-bond donors (Lipinski definition) is 0. The van der Waals surface area contributed by atoms with Crippen LogP contribution < -0.4 is 0 Å². The summed E-state index contributed by atoms with van der Waals surface area (Å²) in [5.74, 6) is 1.13. The molecule has 1 aromatic rings. The van der Waals surface area contributed by atoms with Crippen LogP contribution in [0.25, 0.3) is 0 Å². The Kier molecular flexibility index (Phi) is 4.56. The molecule has 0 aliphatic carbocycles. The monoisotopic (exact) mass is 336 g/mol. The maximum atomic E-state index is 12.2. The van der Waals surface area contributed by atoms with E-state index >= 15 is 0 Å². The van der Waals surface area contributed by atoms with Gasteiger partial charge in [0, 0.05) is 37.7 Å². The molecular weight excluding hydrogens is 312 g/mol. The Balaban J connectivity index is 1.51. The number of carbonyl (C=O) groups is 1. The molecule has 0 radical (unpaired) electrons. The van der Waals surface area contributed by atoms with E-state index < -0.39 is 5.60 Å². The van der Waals surface area contributed by atoms with Gasteiger partial charge >= 0.3 is 6.09 Å². The summed E-state index contributed by atoms with van der Waals surface area (Å²) in [5.41, 5.74) is 0.869. The molecule has 23 heavy (non-hydrogen) atoms. The Labute approximate surface area is 143 Å². The molecule has 0 bridgehead atoms. The smallest absolute Gasteiger partial charge is 0.410 e. The molecule has 1 aromatic carbocycles. The van der Waals surface area contributed by atoms with Crippen molar-refractivity contribution in [3.8, 4) is 0 Å². The van der Waals surface area contributed by atoms with Gasteiger partial charge in [0.1, 0.15) is 5.60 Å². The van der Waals surface area contributed by atoms with Crippen LogP contribution in [-0.2, 0) is 11.3 Å². The second kappa shape index (κ2) is 6.33. The highest BCUT2D eigenvalue weighted by molar-refractivity contribution is 6.30. The van der Waals surface area contributed by atoms with Crippen molar-refractivity contribution in [3.63, 3.8) is 0 Å². The molecule has 1 unspecified atom stereocenters.